The van der Waals surface area contributed by atoms with Crippen LogP contribution in [0.1, 0.15) is 65.7 Å². The van der Waals surface area contributed by atoms with Crippen molar-refractivity contribution >= 4 is 44.6 Å². The average Bonchev–Trinajstić information content (AvgIpc) is 3.98. The Morgan fingerprint density at radius 2 is 1.87 bits per heavy atom. The molecule has 3 fully saturated rings. The van der Waals surface area contributed by atoms with Crippen LogP contribution in [0.4, 0.5) is 4.79 Å². The molecule has 2 aromatic rings. The summed E-state index contributed by atoms with van der Waals surface area (Å²) in [5.74, 6) is -1.44. The normalized spacial score (nSPS) is 31.2. The zero-order valence-corrected chi connectivity index (χ0v) is 30.2. The molecule has 5 aliphatic rings. The number of amides is 4. The number of nitrogens with one attached hydrogen (secondary N) is 3. The molecule has 4 heterocycles. The zero-order chi connectivity index (χ0) is 37.0. The fourth-order valence-electron chi connectivity index (χ4n) is 7.72. The van der Waals surface area contributed by atoms with E-state index >= 15 is 0 Å². The van der Waals surface area contributed by atoms with Crippen LogP contribution in [0.15, 0.2) is 36.5 Å². The molecule has 0 bridgehead atoms. The molecule has 1 aromatic carbocycles. The van der Waals surface area contributed by atoms with Gasteiger partial charge in [-0.15, -0.1) is 0 Å². The first kappa shape index (κ1) is 35.8. The number of hydrogen-bond acceptors (Lipinski definition) is 10. The number of carbonyl (C=O) groups is 4. The number of benzene rings is 1. The zero-order valence-electron chi connectivity index (χ0n) is 29.4. The molecule has 4 N–H and O–H groups in total. The summed E-state index contributed by atoms with van der Waals surface area (Å²) in [5.41, 5.74) is -1.55. The number of hydrogen-bond donors (Lipinski definition) is 4. The van der Waals surface area contributed by atoms with E-state index in [2.05, 4.69) is 20.3 Å². The maximum absolute atomic E-state index is 14.4. The van der Waals surface area contributed by atoms with E-state index in [1.807, 2.05) is 26.0 Å². The Hall–Kier alpha value is -4.60. The molecule has 2 aliphatic carbocycles. The number of fused-ring (bicyclic) bond motifs is 5. The lowest BCUT2D eigenvalue weighted by Crippen LogP contribution is -2.59. The third kappa shape index (κ3) is 6.72. The molecule has 4 amide bonds. The summed E-state index contributed by atoms with van der Waals surface area (Å²) >= 11 is 0. The van der Waals surface area contributed by atoms with E-state index in [-0.39, 0.29) is 31.2 Å². The van der Waals surface area contributed by atoms with Crippen LogP contribution in [0.3, 0.4) is 0 Å². The van der Waals surface area contributed by atoms with E-state index in [1.54, 1.807) is 31.3 Å². The smallest absolute Gasteiger partial charge is 0.405 e. The molecular weight excluding hydrogens is 694 g/mol. The second-order valence-electron chi connectivity index (χ2n) is 15.2. The van der Waals surface area contributed by atoms with Crippen LogP contribution < -0.4 is 29.6 Å². The van der Waals surface area contributed by atoms with Crippen molar-refractivity contribution in [2.75, 3.05) is 19.8 Å². The van der Waals surface area contributed by atoms with E-state index in [0.717, 1.165) is 6.42 Å². The lowest BCUT2D eigenvalue weighted by Gasteiger charge is -2.32. The van der Waals surface area contributed by atoms with E-state index in [1.165, 1.54) is 4.90 Å². The summed E-state index contributed by atoms with van der Waals surface area (Å²) < 4.78 is 45.4. The van der Waals surface area contributed by atoms with Gasteiger partial charge in [0.15, 0.2) is 11.5 Å². The maximum atomic E-state index is 14.4. The summed E-state index contributed by atoms with van der Waals surface area (Å²) in [5, 5.41) is 16.4. The Bertz CT molecular complexity index is 1930. The first-order chi connectivity index (χ1) is 24.7. The number of carbonyl (C=O) groups excluding carboxylic acids is 3. The Balaban J connectivity index is 1.21. The number of ether oxygens (including phenoxy) is 3. The molecule has 0 spiro atoms. The highest BCUT2D eigenvalue weighted by atomic mass is 32.2. The van der Waals surface area contributed by atoms with Crippen molar-refractivity contribution in [2.45, 2.75) is 94.2 Å². The van der Waals surface area contributed by atoms with Crippen LogP contribution in [0, 0.1) is 17.8 Å². The van der Waals surface area contributed by atoms with E-state index < -0.39 is 74.1 Å². The van der Waals surface area contributed by atoms with Crippen LogP contribution in [0.2, 0.25) is 0 Å². The van der Waals surface area contributed by atoms with Crippen molar-refractivity contribution in [1.82, 2.24) is 25.2 Å². The van der Waals surface area contributed by atoms with Gasteiger partial charge in [0.05, 0.1) is 11.3 Å². The number of allylic oxidation sites excluding steroid dienone is 1. The number of carboxylic acid groups (broad SMARTS) is 1. The Labute approximate surface area is 301 Å². The van der Waals surface area contributed by atoms with Crippen LogP contribution in [-0.4, -0.2) is 95.5 Å². The third-order valence-corrected chi connectivity index (χ3v) is 13.4. The first-order valence-corrected chi connectivity index (χ1v) is 19.4. The number of pyridine rings is 1. The minimum atomic E-state index is -4.00. The third-order valence-electron chi connectivity index (χ3n) is 11.2. The van der Waals surface area contributed by atoms with Crippen molar-refractivity contribution in [1.29, 1.82) is 0 Å². The highest BCUT2D eigenvalue weighted by molar-refractivity contribution is 7.91. The molecule has 1 aromatic heterocycles. The molecule has 15 nitrogen and oxygen atoms in total. The monoisotopic (exact) mass is 739 g/mol. The molecule has 7 rings (SSSR count). The van der Waals surface area contributed by atoms with Crippen LogP contribution >= 0.6 is 0 Å². The molecule has 52 heavy (non-hydrogen) atoms. The van der Waals surface area contributed by atoms with Gasteiger partial charge in [-0.2, -0.15) is 0 Å². The Kier molecular flexibility index (Phi) is 9.24. The summed E-state index contributed by atoms with van der Waals surface area (Å²) in [6.07, 6.45) is 6.18. The second-order valence-corrected chi connectivity index (χ2v) is 17.4. The standard InChI is InChI=1S/C36H45N5O10S/c1-20-6-4-5-7-22-18-36(22,33(44)40-52(47,48)35(3)11-12-35)39-30(42)26-17-23(19-41(26)32(43)28(21(2)16-20)38-34(45)46)51-31-25-8-9-27-29(50-15-14-49-27)24(25)10-13-37-31/h5,7-10,13,20-23,26,28,38H,4,6,11-12,14-19H2,1-3H3,(H,39,42)(H,40,44)(H,45,46)/t20-,21+,22+,23+,26-,28-,36+/m0/s1. The quantitative estimate of drug-likeness (QED) is 0.318. The van der Waals surface area contributed by atoms with Gasteiger partial charge in [0, 0.05) is 29.3 Å². The molecular formula is C36H45N5O10S. The van der Waals surface area contributed by atoms with Crippen LogP contribution in [0.25, 0.3) is 10.8 Å². The van der Waals surface area contributed by atoms with Crippen molar-refractivity contribution in [3.05, 3.63) is 36.5 Å². The second kappa shape index (κ2) is 13.4. The van der Waals surface area contributed by atoms with Gasteiger partial charge in [-0.1, -0.05) is 26.0 Å². The van der Waals surface area contributed by atoms with Gasteiger partial charge in [-0.05, 0) is 75.5 Å². The largest absolute Gasteiger partial charge is 0.486 e. The Morgan fingerprint density at radius 1 is 1.10 bits per heavy atom. The van der Waals surface area contributed by atoms with E-state index in [9.17, 15) is 32.7 Å². The highest BCUT2D eigenvalue weighted by Gasteiger charge is 2.63. The fraction of sp³-hybridized carbons (Fsp3) is 0.583. The maximum Gasteiger partial charge on any atom is 0.405 e. The van der Waals surface area contributed by atoms with Gasteiger partial charge in [-0.25, -0.2) is 18.2 Å². The average molecular weight is 740 g/mol. The van der Waals surface area contributed by atoms with Gasteiger partial charge in [0.2, 0.25) is 27.7 Å². The summed E-state index contributed by atoms with van der Waals surface area (Å²) in [6.45, 7) is 6.14. The molecule has 0 unspecified atom stereocenters. The SMILES string of the molecule is C[C@H]1CCC=C[C@@H]2C[C@@]2(C(=O)NS(=O)(=O)C2(C)CC2)NC(=O)[C@@H]2C[C@@H](Oc3nccc4c5c(ccc34)OCCO5)CN2C(=O)[C@@H](NC(=O)O)[C@H](C)C1. The van der Waals surface area contributed by atoms with Crippen LogP contribution in [-0.2, 0) is 24.4 Å². The van der Waals surface area contributed by atoms with Gasteiger partial charge in [0.1, 0.15) is 36.9 Å². The van der Waals surface area contributed by atoms with Crippen LogP contribution in [0.5, 0.6) is 17.4 Å². The summed E-state index contributed by atoms with van der Waals surface area (Å²) in [4.78, 5) is 60.3. The van der Waals surface area contributed by atoms with Crippen molar-refractivity contribution in [3.8, 4) is 17.4 Å². The molecule has 3 aliphatic heterocycles. The fourth-order valence-corrected chi connectivity index (χ4v) is 9.03. The van der Waals surface area contributed by atoms with Crippen molar-refractivity contribution in [3.63, 3.8) is 0 Å². The molecule has 2 saturated carbocycles. The number of rotatable bonds is 6. The van der Waals surface area contributed by atoms with Crippen molar-refractivity contribution in [2.24, 2.45) is 17.8 Å². The lowest BCUT2D eigenvalue weighted by atomic mass is 9.88. The topological polar surface area (TPSA) is 203 Å². The van der Waals surface area contributed by atoms with Gasteiger partial charge < -0.3 is 34.9 Å². The minimum absolute atomic E-state index is 0.000652. The Morgan fingerprint density at radius 3 is 2.62 bits per heavy atom. The summed E-state index contributed by atoms with van der Waals surface area (Å²) in [6, 6.07) is 3.01. The van der Waals surface area contributed by atoms with E-state index in [4.69, 9.17) is 14.2 Å². The predicted octanol–water partition coefficient (Wildman–Crippen LogP) is 2.88. The molecule has 7 atom stereocenters. The number of sulfonamides is 1. The van der Waals surface area contributed by atoms with Gasteiger partial charge >= 0.3 is 6.09 Å². The number of aromatic nitrogens is 1. The van der Waals surface area contributed by atoms with Gasteiger partial charge in [0.25, 0.3) is 5.91 Å². The first-order valence-electron chi connectivity index (χ1n) is 17.9. The summed E-state index contributed by atoms with van der Waals surface area (Å²) in [7, 11) is -4.00. The highest BCUT2D eigenvalue weighted by Crippen LogP contribution is 2.48. The predicted molar refractivity (Wildman–Crippen MR) is 187 cm³/mol. The number of nitrogens with zero attached hydrogens (tertiary/aromatic N) is 2. The van der Waals surface area contributed by atoms with E-state index in [0.29, 0.717) is 61.2 Å². The van der Waals surface area contributed by atoms with Crippen molar-refractivity contribution < 1.29 is 46.9 Å². The minimum Gasteiger partial charge on any atom is -0.486 e. The molecule has 1 saturated heterocycles. The molecule has 16 heteroatoms. The van der Waals surface area contributed by atoms with Gasteiger partial charge in [-0.3, -0.25) is 19.1 Å². The molecule has 280 valence electrons. The molecule has 0 radical (unpaired) electrons. The lowest BCUT2D eigenvalue weighted by molar-refractivity contribution is -0.142.